The molecule has 1 heterocycles. The molecular formula is C11H16ClN3O2. The van der Waals surface area contributed by atoms with Crippen LogP contribution in [0.4, 0.5) is 5.69 Å². The third kappa shape index (κ3) is 3.87. The van der Waals surface area contributed by atoms with Crippen molar-refractivity contribution in [2.45, 2.75) is 25.8 Å². The highest BCUT2D eigenvalue weighted by Gasteiger charge is 2.21. The summed E-state index contributed by atoms with van der Waals surface area (Å²) in [6, 6.07) is 1.42. The number of nitrogen functional groups attached to an aromatic ring is 1. The van der Waals surface area contributed by atoms with E-state index in [1.54, 1.807) is 0 Å². The van der Waals surface area contributed by atoms with E-state index < -0.39 is 5.54 Å². The topological polar surface area (TPSA) is 88.2 Å². The summed E-state index contributed by atoms with van der Waals surface area (Å²) in [6.07, 6.45) is 1.80. The molecule has 0 aromatic carbocycles. The summed E-state index contributed by atoms with van der Waals surface area (Å²) < 4.78 is 0. The molecule has 1 aromatic rings. The first-order valence-corrected chi connectivity index (χ1v) is 5.58. The molecule has 0 aliphatic rings. The van der Waals surface area contributed by atoms with Gasteiger partial charge in [0.15, 0.2) is 0 Å². The minimum absolute atomic E-state index is 0.000135. The van der Waals surface area contributed by atoms with Gasteiger partial charge in [0.25, 0.3) is 5.91 Å². The van der Waals surface area contributed by atoms with Crippen molar-refractivity contribution in [3.05, 3.63) is 23.0 Å². The SMILES string of the molecule is CC(C)(CCO)NC(=O)c1cc(Cl)ncc1N. The van der Waals surface area contributed by atoms with E-state index in [4.69, 9.17) is 22.4 Å². The predicted octanol–water partition coefficient (Wildman–Crippen LogP) is 1.21. The minimum Gasteiger partial charge on any atom is -0.397 e. The quantitative estimate of drug-likeness (QED) is 0.708. The van der Waals surface area contributed by atoms with Crippen LogP contribution >= 0.6 is 11.6 Å². The second-order valence-electron chi connectivity index (χ2n) is 4.41. The van der Waals surface area contributed by atoms with E-state index in [-0.39, 0.29) is 28.9 Å². The minimum atomic E-state index is -0.506. The zero-order chi connectivity index (χ0) is 13.1. The van der Waals surface area contributed by atoms with E-state index in [2.05, 4.69) is 10.3 Å². The van der Waals surface area contributed by atoms with Gasteiger partial charge in [0.1, 0.15) is 5.15 Å². The molecule has 0 spiro atoms. The zero-order valence-corrected chi connectivity index (χ0v) is 10.6. The maximum absolute atomic E-state index is 11.9. The summed E-state index contributed by atoms with van der Waals surface area (Å²) in [5.74, 6) is -0.328. The second-order valence-corrected chi connectivity index (χ2v) is 4.79. The van der Waals surface area contributed by atoms with Crippen LogP contribution in [0.3, 0.4) is 0 Å². The maximum Gasteiger partial charge on any atom is 0.253 e. The fourth-order valence-electron chi connectivity index (χ4n) is 1.35. The lowest BCUT2D eigenvalue weighted by atomic mass is 10.0. The lowest BCUT2D eigenvalue weighted by molar-refractivity contribution is 0.0900. The summed E-state index contributed by atoms with van der Waals surface area (Å²) in [5, 5.41) is 11.9. The van der Waals surface area contributed by atoms with Crippen molar-refractivity contribution >= 4 is 23.2 Å². The number of hydrogen-bond acceptors (Lipinski definition) is 4. The van der Waals surface area contributed by atoms with Crippen LogP contribution in [-0.4, -0.2) is 28.1 Å². The van der Waals surface area contributed by atoms with Crippen molar-refractivity contribution < 1.29 is 9.90 Å². The van der Waals surface area contributed by atoms with Crippen molar-refractivity contribution in [1.29, 1.82) is 0 Å². The van der Waals surface area contributed by atoms with E-state index in [0.29, 0.717) is 6.42 Å². The number of carbonyl (C=O) groups excluding carboxylic acids is 1. The average Bonchev–Trinajstić information content (AvgIpc) is 2.20. The first-order chi connectivity index (χ1) is 7.85. The molecule has 17 heavy (non-hydrogen) atoms. The highest BCUT2D eigenvalue weighted by atomic mass is 35.5. The number of amides is 1. The van der Waals surface area contributed by atoms with Gasteiger partial charge in [-0.2, -0.15) is 0 Å². The molecule has 5 nitrogen and oxygen atoms in total. The molecule has 0 unspecified atom stereocenters. The van der Waals surface area contributed by atoms with Crippen molar-refractivity contribution in [1.82, 2.24) is 10.3 Å². The number of carbonyl (C=O) groups is 1. The fourth-order valence-corrected chi connectivity index (χ4v) is 1.51. The molecule has 0 atom stereocenters. The van der Waals surface area contributed by atoms with Gasteiger partial charge in [-0.15, -0.1) is 0 Å². The van der Waals surface area contributed by atoms with Crippen molar-refractivity contribution in [3.63, 3.8) is 0 Å². The standard InChI is InChI=1S/C11H16ClN3O2/c1-11(2,3-4-16)15-10(17)7-5-9(12)14-6-8(7)13/h5-6,16H,3-4,13H2,1-2H3,(H,15,17). The number of anilines is 1. The lowest BCUT2D eigenvalue weighted by Crippen LogP contribution is -2.44. The molecule has 1 amide bonds. The van der Waals surface area contributed by atoms with Crippen LogP contribution in [0.2, 0.25) is 5.15 Å². The summed E-state index contributed by atoms with van der Waals surface area (Å²) in [5.41, 5.74) is 5.70. The molecule has 6 heteroatoms. The monoisotopic (exact) mass is 257 g/mol. The molecule has 1 aromatic heterocycles. The van der Waals surface area contributed by atoms with Crippen molar-refractivity contribution in [2.75, 3.05) is 12.3 Å². The molecule has 0 saturated heterocycles. The van der Waals surface area contributed by atoms with Crippen molar-refractivity contribution in [2.24, 2.45) is 0 Å². The Labute approximate surface area is 105 Å². The van der Waals surface area contributed by atoms with Gasteiger partial charge in [-0.25, -0.2) is 4.98 Å². The average molecular weight is 258 g/mol. The normalized spacial score (nSPS) is 11.3. The molecule has 0 saturated carbocycles. The Kier molecular flexibility index (Phi) is 4.31. The van der Waals surface area contributed by atoms with E-state index >= 15 is 0 Å². The largest absolute Gasteiger partial charge is 0.397 e. The first-order valence-electron chi connectivity index (χ1n) is 5.20. The molecule has 0 aliphatic carbocycles. The molecule has 4 N–H and O–H groups in total. The van der Waals surface area contributed by atoms with Crippen LogP contribution in [0.5, 0.6) is 0 Å². The van der Waals surface area contributed by atoms with Crippen molar-refractivity contribution in [3.8, 4) is 0 Å². The number of pyridine rings is 1. The number of nitrogens with two attached hydrogens (primary N) is 1. The molecule has 0 radical (unpaired) electrons. The van der Waals surface area contributed by atoms with Gasteiger partial charge >= 0.3 is 0 Å². The van der Waals surface area contributed by atoms with Gasteiger partial charge in [-0.05, 0) is 26.3 Å². The number of hydrogen-bond donors (Lipinski definition) is 3. The van der Waals surface area contributed by atoms with Crippen LogP contribution in [-0.2, 0) is 0 Å². The Bertz CT molecular complexity index is 421. The number of aromatic nitrogens is 1. The molecule has 0 aliphatic heterocycles. The number of aliphatic hydroxyl groups is 1. The Hall–Kier alpha value is -1.33. The Morgan fingerprint density at radius 3 is 2.88 bits per heavy atom. The summed E-state index contributed by atoms with van der Waals surface area (Å²) >= 11 is 5.71. The number of nitrogens with zero attached hydrogens (tertiary/aromatic N) is 1. The van der Waals surface area contributed by atoms with Gasteiger partial charge < -0.3 is 16.2 Å². The second kappa shape index (κ2) is 5.33. The summed E-state index contributed by atoms with van der Waals surface area (Å²) in [4.78, 5) is 15.7. The van der Waals surface area contributed by atoms with Crippen LogP contribution < -0.4 is 11.1 Å². The van der Waals surface area contributed by atoms with Crippen LogP contribution in [0.15, 0.2) is 12.3 Å². The summed E-state index contributed by atoms with van der Waals surface area (Å²) in [6.45, 7) is 3.64. The van der Waals surface area contributed by atoms with Gasteiger partial charge in [0, 0.05) is 12.1 Å². The van der Waals surface area contributed by atoms with Gasteiger partial charge in [0.2, 0.25) is 0 Å². The Balaban J connectivity index is 2.86. The Morgan fingerprint density at radius 1 is 1.65 bits per heavy atom. The number of halogens is 1. The smallest absolute Gasteiger partial charge is 0.253 e. The van der Waals surface area contributed by atoms with Gasteiger partial charge in [-0.1, -0.05) is 11.6 Å². The van der Waals surface area contributed by atoms with E-state index in [0.717, 1.165) is 0 Å². The number of aliphatic hydroxyl groups excluding tert-OH is 1. The zero-order valence-electron chi connectivity index (χ0n) is 9.83. The summed E-state index contributed by atoms with van der Waals surface area (Å²) in [7, 11) is 0. The fraction of sp³-hybridized carbons (Fsp3) is 0.455. The van der Waals surface area contributed by atoms with E-state index in [1.807, 2.05) is 13.8 Å². The van der Waals surface area contributed by atoms with Crippen LogP contribution in [0, 0.1) is 0 Å². The highest BCUT2D eigenvalue weighted by Crippen LogP contribution is 2.16. The molecule has 94 valence electrons. The van der Waals surface area contributed by atoms with Gasteiger partial charge in [0.05, 0.1) is 17.4 Å². The third-order valence-electron chi connectivity index (χ3n) is 2.33. The predicted molar refractivity (Wildman–Crippen MR) is 66.9 cm³/mol. The molecule has 1 rings (SSSR count). The third-order valence-corrected chi connectivity index (χ3v) is 2.54. The van der Waals surface area contributed by atoms with Gasteiger partial charge in [-0.3, -0.25) is 4.79 Å². The molecule has 0 fully saturated rings. The van der Waals surface area contributed by atoms with Crippen LogP contribution in [0.1, 0.15) is 30.6 Å². The lowest BCUT2D eigenvalue weighted by Gasteiger charge is -2.25. The molecule has 0 bridgehead atoms. The number of nitrogens with one attached hydrogen (secondary N) is 1. The van der Waals surface area contributed by atoms with E-state index in [1.165, 1.54) is 12.3 Å². The van der Waals surface area contributed by atoms with E-state index in [9.17, 15) is 4.79 Å². The molecular weight excluding hydrogens is 242 g/mol. The first kappa shape index (κ1) is 13.7. The van der Waals surface area contributed by atoms with Crippen LogP contribution in [0.25, 0.3) is 0 Å². The number of rotatable bonds is 4. The Morgan fingerprint density at radius 2 is 2.29 bits per heavy atom. The maximum atomic E-state index is 11.9. The highest BCUT2D eigenvalue weighted by molar-refractivity contribution is 6.29.